The van der Waals surface area contributed by atoms with Gasteiger partial charge in [0, 0.05) is 5.02 Å². The van der Waals surface area contributed by atoms with E-state index in [1.54, 1.807) is 0 Å². The van der Waals surface area contributed by atoms with Crippen LogP contribution in [0.1, 0.15) is 5.56 Å². The van der Waals surface area contributed by atoms with Crippen molar-refractivity contribution in [3.8, 4) is 11.1 Å². The fourth-order valence-corrected chi connectivity index (χ4v) is 2.49. The standard InChI is InChI=1S/C18H13Cl/c1-2-13-9-10-17(19)12-18(13)16-8-7-14-5-3-4-6-15(14)11-16/h2-12H,1H2. The lowest BCUT2D eigenvalue weighted by Crippen LogP contribution is -1.84. The van der Waals surface area contributed by atoms with Crippen molar-refractivity contribution in [2.24, 2.45) is 0 Å². The van der Waals surface area contributed by atoms with Crippen LogP contribution in [0.25, 0.3) is 28.0 Å². The van der Waals surface area contributed by atoms with E-state index >= 15 is 0 Å². The van der Waals surface area contributed by atoms with E-state index in [-0.39, 0.29) is 0 Å². The highest BCUT2D eigenvalue weighted by atomic mass is 35.5. The first-order valence-corrected chi connectivity index (χ1v) is 6.57. The van der Waals surface area contributed by atoms with E-state index < -0.39 is 0 Å². The Balaban J connectivity index is 2.24. The van der Waals surface area contributed by atoms with Gasteiger partial charge in [0.15, 0.2) is 0 Å². The van der Waals surface area contributed by atoms with Crippen LogP contribution in [0.2, 0.25) is 5.02 Å². The third-order valence-electron chi connectivity index (χ3n) is 3.30. The van der Waals surface area contributed by atoms with Crippen molar-refractivity contribution in [3.05, 3.63) is 77.8 Å². The Hall–Kier alpha value is -2.05. The molecule has 0 saturated carbocycles. The van der Waals surface area contributed by atoms with Gasteiger partial charge in [0.05, 0.1) is 0 Å². The zero-order valence-corrected chi connectivity index (χ0v) is 11.2. The largest absolute Gasteiger partial charge is 0.0984 e. The Morgan fingerprint density at radius 3 is 2.42 bits per heavy atom. The van der Waals surface area contributed by atoms with E-state index in [0.717, 1.165) is 21.7 Å². The smallest absolute Gasteiger partial charge is 0.0412 e. The number of fused-ring (bicyclic) bond motifs is 1. The second-order valence-corrected chi connectivity index (χ2v) is 4.93. The van der Waals surface area contributed by atoms with Crippen LogP contribution in [0.4, 0.5) is 0 Å². The molecule has 1 heteroatoms. The molecule has 0 spiro atoms. The molecule has 0 fully saturated rings. The summed E-state index contributed by atoms with van der Waals surface area (Å²) < 4.78 is 0. The molecule has 0 atom stereocenters. The molecule has 3 aromatic rings. The van der Waals surface area contributed by atoms with Crippen molar-refractivity contribution >= 4 is 28.4 Å². The highest BCUT2D eigenvalue weighted by Gasteiger charge is 2.04. The molecule has 3 aromatic carbocycles. The fourth-order valence-electron chi connectivity index (χ4n) is 2.31. The summed E-state index contributed by atoms with van der Waals surface area (Å²) in [5, 5.41) is 3.22. The number of benzene rings is 3. The summed E-state index contributed by atoms with van der Waals surface area (Å²) >= 11 is 6.11. The normalized spacial score (nSPS) is 10.6. The zero-order valence-electron chi connectivity index (χ0n) is 10.4. The Labute approximate surface area is 118 Å². The van der Waals surface area contributed by atoms with Crippen molar-refractivity contribution in [1.82, 2.24) is 0 Å². The van der Waals surface area contributed by atoms with E-state index in [2.05, 4.69) is 49.0 Å². The minimum atomic E-state index is 0.744. The zero-order chi connectivity index (χ0) is 13.2. The lowest BCUT2D eigenvalue weighted by atomic mass is 9.97. The topological polar surface area (TPSA) is 0 Å². The van der Waals surface area contributed by atoms with Crippen LogP contribution >= 0.6 is 11.6 Å². The molecule has 0 aromatic heterocycles. The minimum absolute atomic E-state index is 0.744. The predicted molar refractivity (Wildman–Crippen MR) is 84.5 cm³/mol. The number of halogens is 1. The Kier molecular flexibility index (Phi) is 3.10. The van der Waals surface area contributed by atoms with E-state index in [0.29, 0.717) is 0 Å². The predicted octanol–water partition coefficient (Wildman–Crippen LogP) is 5.80. The third kappa shape index (κ3) is 2.27. The lowest BCUT2D eigenvalue weighted by molar-refractivity contribution is 1.61. The van der Waals surface area contributed by atoms with Gasteiger partial charge in [-0.25, -0.2) is 0 Å². The molecular weight excluding hydrogens is 252 g/mol. The van der Waals surface area contributed by atoms with Gasteiger partial charge < -0.3 is 0 Å². The SMILES string of the molecule is C=Cc1ccc(Cl)cc1-c1ccc2ccccc2c1. The molecule has 0 unspecified atom stereocenters. The van der Waals surface area contributed by atoms with Crippen LogP contribution in [0.5, 0.6) is 0 Å². The highest BCUT2D eigenvalue weighted by molar-refractivity contribution is 6.31. The van der Waals surface area contributed by atoms with Gasteiger partial charge in [0.1, 0.15) is 0 Å². The van der Waals surface area contributed by atoms with Gasteiger partial charge in [-0.05, 0) is 45.7 Å². The highest BCUT2D eigenvalue weighted by Crippen LogP contribution is 2.30. The molecule has 0 nitrogen and oxygen atoms in total. The summed E-state index contributed by atoms with van der Waals surface area (Å²) in [6.07, 6.45) is 1.86. The first-order chi connectivity index (χ1) is 9.28. The van der Waals surface area contributed by atoms with Crippen molar-refractivity contribution in [2.75, 3.05) is 0 Å². The van der Waals surface area contributed by atoms with E-state index in [4.69, 9.17) is 11.6 Å². The summed E-state index contributed by atoms with van der Waals surface area (Å²) in [5.41, 5.74) is 3.38. The van der Waals surface area contributed by atoms with Gasteiger partial charge in [0.2, 0.25) is 0 Å². The third-order valence-corrected chi connectivity index (χ3v) is 3.53. The average molecular weight is 265 g/mol. The molecule has 3 rings (SSSR count). The van der Waals surface area contributed by atoms with Gasteiger partial charge in [-0.1, -0.05) is 66.7 Å². The van der Waals surface area contributed by atoms with Crippen molar-refractivity contribution in [1.29, 1.82) is 0 Å². The Bertz CT molecular complexity index is 756. The molecular formula is C18H13Cl. The molecule has 0 heterocycles. The lowest BCUT2D eigenvalue weighted by Gasteiger charge is -2.08. The van der Waals surface area contributed by atoms with Gasteiger partial charge >= 0.3 is 0 Å². The first-order valence-electron chi connectivity index (χ1n) is 6.19. The quantitative estimate of drug-likeness (QED) is 0.548. The van der Waals surface area contributed by atoms with Crippen LogP contribution in [-0.4, -0.2) is 0 Å². The summed E-state index contributed by atoms with van der Waals surface area (Å²) in [4.78, 5) is 0. The van der Waals surface area contributed by atoms with E-state index in [1.807, 2.05) is 24.3 Å². The molecule has 0 aliphatic heterocycles. The molecule has 0 N–H and O–H groups in total. The van der Waals surface area contributed by atoms with Crippen LogP contribution < -0.4 is 0 Å². The molecule has 0 saturated heterocycles. The maximum absolute atomic E-state index is 6.11. The van der Waals surface area contributed by atoms with E-state index in [9.17, 15) is 0 Å². The Morgan fingerprint density at radius 1 is 0.842 bits per heavy atom. The molecule has 0 bridgehead atoms. The summed E-state index contributed by atoms with van der Waals surface area (Å²) in [6.45, 7) is 3.87. The number of hydrogen-bond acceptors (Lipinski definition) is 0. The van der Waals surface area contributed by atoms with E-state index in [1.165, 1.54) is 10.8 Å². The monoisotopic (exact) mass is 264 g/mol. The molecule has 0 aliphatic carbocycles. The van der Waals surface area contributed by atoms with Crippen LogP contribution in [0, 0.1) is 0 Å². The van der Waals surface area contributed by atoms with Crippen molar-refractivity contribution in [2.45, 2.75) is 0 Å². The average Bonchev–Trinajstić information content (AvgIpc) is 2.46. The van der Waals surface area contributed by atoms with Gasteiger partial charge in [-0.2, -0.15) is 0 Å². The van der Waals surface area contributed by atoms with Gasteiger partial charge in [-0.15, -0.1) is 0 Å². The molecule has 19 heavy (non-hydrogen) atoms. The van der Waals surface area contributed by atoms with Crippen molar-refractivity contribution in [3.63, 3.8) is 0 Å². The Morgan fingerprint density at radius 2 is 1.63 bits per heavy atom. The number of rotatable bonds is 2. The molecule has 0 radical (unpaired) electrons. The first kappa shape index (κ1) is 12.0. The number of hydrogen-bond donors (Lipinski definition) is 0. The van der Waals surface area contributed by atoms with Gasteiger partial charge in [-0.3, -0.25) is 0 Å². The van der Waals surface area contributed by atoms with Crippen molar-refractivity contribution < 1.29 is 0 Å². The molecule has 0 aliphatic rings. The summed E-state index contributed by atoms with van der Waals surface area (Å²) in [5.74, 6) is 0. The van der Waals surface area contributed by atoms with Crippen LogP contribution in [0.3, 0.4) is 0 Å². The minimum Gasteiger partial charge on any atom is -0.0984 e. The summed E-state index contributed by atoms with van der Waals surface area (Å²) in [6, 6.07) is 20.7. The summed E-state index contributed by atoms with van der Waals surface area (Å²) in [7, 11) is 0. The van der Waals surface area contributed by atoms with Gasteiger partial charge in [0.25, 0.3) is 0 Å². The molecule has 92 valence electrons. The second-order valence-electron chi connectivity index (χ2n) is 4.50. The van der Waals surface area contributed by atoms with Crippen LogP contribution in [0.15, 0.2) is 67.2 Å². The van der Waals surface area contributed by atoms with Crippen LogP contribution in [-0.2, 0) is 0 Å². The fraction of sp³-hybridized carbons (Fsp3) is 0. The maximum Gasteiger partial charge on any atom is 0.0412 e. The molecule has 0 amide bonds. The second kappa shape index (κ2) is 4.91. The maximum atomic E-state index is 6.11.